The Labute approximate surface area is 109 Å². The minimum Gasteiger partial charge on any atom is -0.497 e. The van der Waals surface area contributed by atoms with E-state index < -0.39 is 0 Å². The molecule has 0 N–H and O–H groups in total. The molecule has 98 valence electrons. The molecule has 0 aliphatic heterocycles. The third-order valence-corrected chi connectivity index (χ3v) is 2.88. The Balaban J connectivity index is 2.98. The van der Waals surface area contributed by atoms with Crippen LogP contribution in [-0.4, -0.2) is 39.3 Å². The molecule has 0 heterocycles. The van der Waals surface area contributed by atoms with Gasteiger partial charge in [0.05, 0.1) is 13.7 Å². The van der Waals surface area contributed by atoms with Crippen LogP contribution in [0.25, 0.3) is 11.8 Å². The molecule has 0 saturated heterocycles. The lowest BCUT2D eigenvalue weighted by molar-refractivity contribution is 0.180. The van der Waals surface area contributed by atoms with E-state index in [1.807, 2.05) is 31.3 Å². The van der Waals surface area contributed by atoms with Crippen LogP contribution in [0.4, 0.5) is 0 Å². The molecular formula is C15H21NO2. The predicted octanol–water partition coefficient (Wildman–Crippen LogP) is 2.89. The van der Waals surface area contributed by atoms with E-state index in [1.54, 1.807) is 14.2 Å². The van der Waals surface area contributed by atoms with Gasteiger partial charge in [-0.2, -0.15) is 0 Å². The van der Waals surface area contributed by atoms with Crippen molar-refractivity contribution in [3.63, 3.8) is 0 Å². The highest BCUT2D eigenvalue weighted by Crippen LogP contribution is 2.25. The molecule has 1 rings (SSSR count). The molecule has 0 bridgehead atoms. The SMILES string of the molecule is C=Cc1ccc(OC)cc1C(=C)N(C)CCOC. The van der Waals surface area contributed by atoms with Crippen molar-refractivity contribution in [2.75, 3.05) is 34.4 Å². The molecule has 0 aromatic heterocycles. The lowest BCUT2D eigenvalue weighted by atomic mass is 10.0. The number of nitrogens with zero attached hydrogens (tertiary/aromatic N) is 1. The van der Waals surface area contributed by atoms with Gasteiger partial charge < -0.3 is 14.4 Å². The summed E-state index contributed by atoms with van der Waals surface area (Å²) in [5.41, 5.74) is 3.01. The second-order valence-electron chi connectivity index (χ2n) is 4.02. The van der Waals surface area contributed by atoms with Crippen molar-refractivity contribution < 1.29 is 9.47 Å². The van der Waals surface area contributed by atoms with Crippen molar-refractivity contribution in [3.05, 3.63) is 42.5 Å². The van der Waals surface area contributed by atoms with E-state index in [4.69, 9.17) is 9.47 Å². The monoisotopic (exact) mass is 247 g/mol. The molecule has 18 heavy (non-hydrogen) atoms. The van der Waals surface area contributed by atoms with Gasteiger partial charge in [0.1, 0.15) is 5.75 Å². The highest BCUT2D eigenvalue weighted by Gasteiger charge is 2.09. The van der Waals surface area contributed by atoms with Gasteiger partial charge in [0.25, 0.3) is 0 Å². The van der Waals surface area contributed by atoms with Crippen molar-refractivity contribution >= 4 is 11.8 Å². The number of methoxy groups -OCH3 is 2. The summed E-state index contributed by atoms with van der Waals surface area (Å²) in [6.45, 7) is 9.42. The van der Waals surface area contributed by atoms with Gasteiger partial charge in [0, 0.05) is 32.0 Å². The predicted molar refractivity (Wildman–Crippen MR) is 76.6 cm³/mol. The minimum atomic E-state index is 0.670. The average molecular weight is 247 g/mol. The first kappa shape index (κ1) is 14.3. The quantitative estimate of drug-likeness (QED) is 0.739. The third-order valence-electron chi connectivity index (χ3n) is 2.88. The van der Waals surface area contributed by atoms with Crippen molar-refractivity contribution in [1.82, 2.24) is 4.90 Å². The molecule has 3 nitrogen and oxygen atoms in total. The van der Waals surface area contributed by atoms with Crippen molar-refractivity contribution in [3.8, 4) is 5.75 Å². The zero-order chi connectivity index (χ0) is 13.5. The maximum absolute atomic E-state index is 5.25. The van der Waals surface area contributed by atoms with Gasteiger partial charge in [0.15, 0.2) is 0 Å². The summed E-state index contributed by atoms with van der Waals surface area (Å²) in [6.07, 6.45) is 1.82. The van der Waals surface area contributed by atoms with Crippen LogP contribution in [0.3, 0.4) is 0 Å². The normalized spacial score (nSPS) is 9.94. The van der Waals surface area contributed by atoms with Crippen LogP contribution in [-0.2, 0) is 4.74 Å². The zero-order valence-corrected chi connectivity index (χ0v) is 11.4. The van der Waals surface area contributed by atoms with Crippen LogP contribution in [0.15, 0.2) is 31.4 Å². The molecule has 0 spiro atoms. The smallest absolute Gasteiger partial charge is 0.119 e. The lowest BCUT2D eigenvalue weighted by Gasteiger charge is -2.23. The van der Waals surface area contributed by atoms with Gasteiger partial charge in [-0.25, -0.2) is 0 Å². The van der Waals surface area contributed by atoms with Crippen LogP contribution in [0.1, 0.15) is 11.1 Å². The summed E-state index contributed by atoms with van der Waals surface area (Å²) in [4.78, 5) is 2.06. The number of rotatable bonds is 7. The largest absolute Gasteiger partial charge is 0.497 e. The van der Waals surface area contributed by atoms with Crippen LogP contribution in [0.2, 0.25) is 0 Å². The van der Waals surface area contributed by atoms with E-state index >= 15 is 0 Å². The number of hydrogen-bond donors (Lipinski definition) is 0. The Hall–Kier alpha value is -1.74. The Bertz CT molecular complexity index is 427. The number of ether oxygens (including phenoxy) is 2. The molecule has 3 heteroatoms. The highest BCUT2D eigenvalue weighted by molar-refractivity contribution is 5.72. The maximum Gasteiger partial charge on any atom is 0.119 e. The third kappa shape index (κ3) is 3.37. The first-order chi connectivity index (χ1) is 8.63. The molecule has 1 aromatic carbocycles. The number of benzene rings is 1. The Morgan fingerprint density at radius 1 is 1.39 bits per heavy atom. The second-order valence-corrected chi connectivity index (χ2v) is 4.02. The van der Waals surface area contributed by atoms with Gasteiger partial charge in [0.2, 0.25) is 0 Å². The first-order valence-corrected chi connectivity index (χ1v) is 5.83. The van der Waals surface area contributed by atoms with E-state index in [-0.39, 0.29) is 0 Å². The molecule has 0 amide bonds. The summed E-state index contributed by atoms with van der Waals surface area (Å²) in [7, 11) is 5.34. The fourth-order valence-corrected chi connectivity index (χ4v) is 1.66. The van der Waals surface area contributed by atoms with E-state index in [9.17, 15) is 0 Å². The molecule has 0 unspecified atom stereocenters. The van der Waals surface area contributed by atoms with E-state index in [2.05, 4.69) is 18.1 Å². The minimum absolute atomic E-state index is 0.670. The van der Waals surface area contributed by atoms with Crippen molar-refractivity contribution in [2.24, 2.45) is 0 Å². The van der Waals surface area contributed by atoms with Gasteiger partial charge in [-0.15, -0.1) is 0 Å². The second kappa shape index (κ2) is 6.87. The van der Waals surface area contributed by atoms with Crippen molar-refractivity contribution in [2.45, 2.75) is 0 Å². The van der Waals surface area contributed by atoms with E-state index in [1.165, 1.54) is 0 Å². The lowest BCUT2D eigenvalue weighted by Crippen LogP contribution is -2.21. The molecular weight excluding hydrogens is 226 g/mol. The van der Waals surface area contributed by atoms with Crippen LogP contribution in [0.5, 0.6) is 5.75 Å². The molecule has 0 aliphatic rings. The summed E-state index contributed by atoms with van der Waals surface area (Å²) >= 11 is 0. The van der Waals surface area contributed by atoms with E-state index in [0.29, 0.717) is 6.61 Å². The standard InChI is InChI=1S/C15H21NO2/c1-6-13-7-8-14(18-5)11-15(13)12(2)16(3)9-10-17-4/h6-8,11H,1-2,9-10H2,3-5H3. The van der Waals surface area contributed by atoms with Crippen LogP contribution < -0.4 is 4.74 Å². The molecule has 1 aromatic rings. The topological polar surface area (TPSA) is 21.7 Å². The van der Waals surface area contributed by atoms with Crippen LogP contribution in [0, 0.1) is 0 Å². The van der Waals surface area contributed by atoms with Crippen molar-refractivity contribution in [1.29, 1.82) is 0 Å². The van der Waals surface area contributed by atoms with Crippen LogP contribution >= 0.6 is 0 Å². The van der Waals surface area contributed by atoms with Gasteiger partial charge >= 0.3 is 0 Å². The fraction of sp³-hybridized carbons (Fsp3) is 0.333. The first-order valence-electron chi connectivity index (χ1n) is 5.83. The van der Waals surface area contributed by atoms with Gasteiger partial charge in [-0.1, -0.05) is 25.3 Å². The summed E-state index contributed by atoms with van der Waals surface area (Å²) in [5.74, 6) is 0.817. The summed E-state index contributed by atoms with van der Waals surface area (Å²) in [6, 6.07) is 5.88. The number of hydrogen-bond acceptors (Lipinski definition) is 3. The maximum atomic E-state index is 5.25. The average Bonchev–Trinajstić information content (AvgIpc) is 2.43. The van der Waals surface area contributed by atoms with Gasteiger partial charge in [-0.3, -0.25) is 0 Å². The Kier molecular flexibility index (Phi) is 5.46. The zero-order valence-electron chi connectivity index (χ0n) is 11.4. The van der Waals surface area contributed by atoms with E-state index in [0.717, 1.165) is 29.1 Å². The number of likely N-dealkylation sites (N-methyl/N-ethyl adjacent to an activating group) is 1. The summed E-state index contributed by atoms with van der Waals surface area (Å²) in [5, 5.41) is 0. The molecule has 0 radical (unpaired) electrons. The molecule has 0 aliphatic carbocycles. The summed E-state index contributed by atoms with van der Waals surface area (Å²) < 4.78 is 10.3. The fourth-order valence-electron chi connectivity index (χ4n) is 1.66. The molecule has 0 fully saturated rings. The Morgan fingerprint density at radius 2 is 2.11 bits per heavy atom. The molecule has 0 saturated carbocycles. The highest BCUT2D eigenvalue weighted by atomic mass is 16.5. The molecule has 0 atom stereocenters. The van der Waals surface area contributed by atoms with Gasteiger partial charge in [-0.05, 0) is 17.7 Å². The Morgan fingerprint density at radius 3 is 2.67 bits per heavy atom.